The minimum atomic E-state index is 0.658. The molecule has 0 aliphatic heterocycles. The molecule has 1 heterocycles. The third kappa shape index (κ3) is 6.02. The maximum Gasteiger partial charge on any atom is 0.133 e. The summed E-state index contributed by atoms with van der Waals surface area (Å²) >= 11 is 0. The second-order valence-corrected chi connectivity index (χ2v) is 5.64. The summed E-state index contributed by atoms with van der Waals surface area (Å²) in [5.41, 5.74) is 2.94. The fourth-order valence-electron chi connectivity index (χ4n) is 2.36. The molecule has 0 aliphatic rings. The number of hydrogen-bond donors (Lipinski definition) is 0. The van der Waals surface area contributed by atoms with Crippen LogP contribution in [0.5, 0.6) is 0 Å². The van der Waals surface area contributed by atoms with Crippen molar-refractivity contribution >= 4 is 10.9 Å². The molecular weight excluding hydrogens is 320 g/mol. The van der Waals surface area contributed by atoms with Gasteiger partial charge in [-0.1, -0.05) is 61.2 Å². The van der Waals surface area contributed by atoms with Crippen LogP contribution in [0.4, 0.5) is 0 Å². The van der Waals surface area contributed by atoms with Gasteiger partial charge in [0.05, 0.1) is 23.7 Å². The van der Waals surface area contributed by atoms with Crippen LogP contribution >= 0.6 is 0 Å². The standard InChI is InChI=1S/C23H24N2O/c1-4-6-12-19(3)13-9-17-26-18-10-16-22-20-14-7-8-15-21(20)24-23(25-22)11-5-2/h4-10,12,14-15,17-18H,1-3,11,13,16H2/b12-6-,17-9+,18-10+. The number of rotatable bonds is 10. The van der Waals surface area contributed by atoms with E-state index in [2.05, 4.69) is 29.7 Å². The van der Waals surface area contributed by atoms with Crippen molar-refractivity contribution in [2.45, 2.75) is 19.3 Å². The molecule has 0 spiro atoms. The van der Waals surface area contributed by atoms with E-state index in [1.165, 1.54) is 0 Å². The second-order valence-electron chi connectivity index (χ2n) is 5.64. The van der Waals surface area contributed by atoms with Crippen molar-refractivity contribution in [1.82, 2.24) is 9.97 Å². The molecule has 0 N–H and O–H groups in total. The van der Waals surface area contributed by atoms with Crippen molar-refractivity contribution in [3.63, 3.8) is 0 Å². The van der Waals surface area contributed by atoms with Gasteiger partial charge in [-0.2, -0.15) is 0 Å². The zero-order chi connectivity index (χ0) is 18.6. The lowest BCUT2D eigenvalue weighted by molar-refractivity contribution is 0.399. The first-order valence-electron chi connectivity index (χ1n) is 8.52. The monoisotopic (exact) mass is 344 g/mol. The van der Waals surface area contributed by atoms with E-state index in [0.717, 1.165) is 34.4 Å². The molecule has 0 fully saturated rings. The largest absolute Gasteiger partial charge is 0.473 e. The van der Waals surface area contributed by atoms with Gasteiger partial charge in [0.1, 0.15) is 5.82 Å². The van der Waals surface area contributed by atoms with Crippen LogP contribution in [0.15, 0.2) is 98.6 Å². The quantitative estimate of drug-likeness (QED) is 0.318. The van der Waals surface area contributed by atoms with E-state index >= 15 is 0 Å². The first-order valence-corrected chi connectivity index (χ1v) is 8.52. The predicted molar refractivity (Wildman–Crippen MR) is 110 cm³/mol. The number of ether oxygens (including phenoxy) is 1. The minimum absolute atomic E-state index is 0.658. The normalized spacial score (nSPS) is 11.5. The van der Waals surface area contributed by atoms with Crippen LogP contribution in [0.1, 0.15) is 17.9 Å². The summed E-state index contributed by atoms with van der Waals surface area (Å²) in [7, 11) is 0. The number of para-hydroxylation sites is 1. The summed E-state index contributed by atoms with van der Waals surface area (Å²) in [6, 6.07) is 8.03. The summed E-state index contributed by atoms with van der Waals surface area (Å²) in [5, 5.41) is 1.06. The Morgan fingerprint density at radius 2 is 1.85 bits per heavy atom. The molecule has 3 nitrogen and oxygen atoms in total. The number of nitrogens with zero attached hydrogens (tertiary/aromatic N) is 2. The van der Waals surface area contributed by atoms with Gasteiger partial charge in [-0.25, -0.2) is 9.97 Å². The van der Waals surface area contributed by atoms with Gasteiger partial charge in [0.2, 0.25) is 0 Å². The highest BCUT2D eigenvalue weighted by molar-refractivity contribution is 5.81. The van der Waals surface area contributed by atoms with Crippen molar-refractivity contribution in [3.8, 4) is 0 Å². The van der Waals surface area contributed by atoms with Crippen LogP contribution < -0.4 is 0 Å². The topological polar surface area (TPSA) is 35.0 Å². The van der Waals surface area contributed by atoms with E-state index in [1.807, 2.05) is 54.6 Å². The van der Waals surface area contributed by atoms with Gasteiger partial charge in [-0.15, -0.1) is 6.58 Å². The van der Waals surface area contributed by atoms with Crippen LogP contribution in [0.2, 0.25) is 0 Å². The molecule has 0 radical (unpaired) electrons. The lowest BCUT2D eigenvalue weighted by Crippen LogP contribution is -2.00. The third-order valence-electron chi connectivity index (χ3n) is 3.56. The van der Waals surface area contributed by atoms with Crippen LogP contribution in [-0.2, 0) is 17.6 Å². The Labute approximate surface area is 155 Å². The summed E-state index contributed by atoms with van der Waals surface area (Å²) in [5.74, 6) is 0.786. The zero-order valence-corrected chi connectivity index (χ0v) is 15.0. The molecule has 1 aromatic heterocycles. The molecule has 0 aliphatic carbocycles. The molecule has 132 valence electrons. The molecule has 0 unspecified atom stereocenters. The summed E-state index contributed by atoms with van der Waals surface area (Å²) < 4.78 is 5.39. The molecule has 0 bridgehead atoms. The Morgan fingerprint density at radius 3 is 2.65 bits per heavy atom. The molecule has 0 atom stereocenters. The Morgan fingerprint density at radius 1 is 1.04 bits per heavy atom. The lowest BCUT2D eigenvalue weighted by Gasteiger charge is -2.06. The molecular formula is C23H24N2O. The highest BCUT2D eigenvalue weighted by Gasteiger charge is 2.05. The van der Waals surface area contributed by atoms with E-state index in [1.54, 1.807) is 18.6 Å². The zero-order valence-electron chi connectivity index (χ0n) is 15.0. The molecule has 0 saturated heterocycles. The Balaban J connectivity index is 1.95. The van der Waals surface area contributed by atoms with E-state index in [-0.39, 0.29) is 0 Å². The third-order valence-corrected chi connectivity index (χ3v) is 3.56. The molecule has 0 saturated carbocycles. The van der Waals surface area contributed by atoms with Crippen molar-refractivity contribution in [1.29, 1.82) is 0 Å². The number of aromatic nitrogens is 2. The SMILES string of the molecule is C=C/C=C\C(=C)C/C=C/O/C=C/Cc1nc(CC=C)nc2ccccc12. The fraction of sp³-hybridized carbons (Fsp3) is 0.130. The molecule has 2 aromatic rings. The number of benzene rings is 1. The average Bonchev–Trinajstić information content (AvgIpc) is 2.65. The average molecular weight is 344 g/mol. The van der Waals surface area contributed by atoms with Gasteiger partial charge in [-0.3, -0.25) is 0 Å². The lowest BCUT2D eigenvalue weighted by atomic mass is 10.1. The maximum absolute atomic E-state index is 5.39. The molecule has 0 amide bonds. The number of allylic oxidation sites excluding steroid dienone is 7. The van der Waals surface area contributed by atoms with Crippen LogP contribution in [0, 0.1) is 0 Å². The first kappa shape index (κ1) is 19.1. The Hall–Kier alpha value is -3.20. The van der Waals surface area contributed by atoms with E-state index in [9.17, 15) is 0 Å². The summed E-state index contributed by atoms with van der Waals surface area (Å²) in [6.07, 6.45) is 16.6. The van der Waals surface area contributed by atoms with E-state index in [0.29, 0.717) is 12.8 Å². The van der Waals surface area contributed by atoms with Crippen molar-refractivity contribution in [3.05, 3.63) is 110 Å². The van der Waals surface area contributed by atoms with Gasteiger partial charge >= 0.3 is 0 Å². The number of fused-ring (bicyclic) bond motifs is 1. The summed E-state index contributed by atoms with van der Waals surface area (Å²) in [6.45, 7) is 11.3. The molecule has 1 aromatic carbocycles. The molecule has 3 heteroatoms. The van der Waals surface area contributed by atoms with E-state index < -0.39 is 0 Å². The van der Waals surface area contributed by atoms with Gasteiger partial charge in [0, 0.05) is 18.2 Å². The summed E-state index contributed by atoms with van der Waals surface area (Å²) in [4.78, 5) is 9.21. The Kier molecular flexibility index (Phi) is 7.81. The van der Waals surface area contributed by atoms with Crippen molar-refractivity contribution in [2.24, 2.45) is 0 Å². The first-order chi connectivity index (χ1) is 12.7. The maximum atomic E-state index is 5.39. The molecule has 2 rings (SSSR count). The van der Waals surface area contributed by atoms with Crippen LogP contribution in [-0.4, -0.2) is 9.97 Å². The van der Waals surface area contributed by atoms with Gasteiger partial charge in [-0.05, 0) is 24.6 Å². The van der Waals surface area contributed by atoms with Crippen LogP contribution in [0.25, 0.3) is 10.9 Å². The van der Waals surface area contributed by atoms with Gasteiger partial charge in [0.15, 0.2) is 0 Å². The minimum Gasteiger partial charge on any atom is -0.473 e. The highest BCUT2D eigenvalue weighted by Crippen LogP contribution is 2.17. The fourth-order valence-corrected chi connectivity index (χ4v) is 2.36. The Bertz CT molecular complexity index is 860. The molecule has 26 heavy (non-hydrogen) atoms. The smallest absolute Gasteiger partial charge is 0.133 e. The van der Waals surface area contributed by atoms with Gasteiger partial charge < -0.3 is 4.74 Å². The highest BCUT2D eigenvalue weighted by atomic mass is 16.5. The van der Waals surface area contributed by atoms with Crippen molar-refractivity contribution in [2.75, 3.05) is 0 Å². The number of hydrogen-bond acceptors (Lipinski definition) is 3. The van der Waals surface area contributed by atoms with Crippen LogP contribution in [0.3, 0.4) is 0 Å². The van der Waals surface area contributed by atoms with Crippen molar-refractivity contribution < 1.29 is 4.74 Å². The second kappa shape index (κ2) is 10.6. The van der Waals surface area contributed by atoms with Gasteiger partial charge in [0.25, 0.3) is 0 Å². The predicted octanol–water partition coefficient (Wildman–Crippen LogP) is 5.63. The van der Waals surface area contributed by atoms with E-state index in [4.69, 9.17) is 4.74 Å².